The molecule has 0 bridgehead atoms. The molecule has 0 unspecified atom stereocenters. The first-order valence-electron chi connectivity index (χ1n) is 13.4. The van der Waals surface area contributed by atoms with Crippen molar-refractivity contribution >= 4 is 22.7 Å². The third-order valence-corrected chi connectivity index (χ3v) is 7.55. The quantitative estimate of drug-likeness (QED) is 0.236. The summed E-state index contributed by atoms with van der Waals surface area (Å²) in [6, 6.07) is 33.2. The van der Waals surface area contributed by atoms with Gasteiger partial charge >= 0.3 is 5.97 Å². The van der Waals surface area contributed by atoms with Gasteiger partial charge in [0.15, 0.2) is 0 Å². The molecule has 2 N–H and O–H groups in total. The van der Waals surface area contributed by atoms with Crippen LogP contribution in [-0.2, 0) is 6.54 Å². The minimum Gasteiger partial charge on any atom is -0.478 e. The molecule has 0 amide bonds. The van der Waals surface area contributed by atoms with Gasteiger partial charge in [-0.25, -0.2) is 9.78 Å². The van der Waals surface area contributed by atoms with Crippen molar-refractivity contribution in [2.24, 2.45) is 0 Å². The van der Waals surface area contributed by atoms with E-state index in [0.29, 0.717) is 6.04 Å². The molecule has 5 aromatic rings. The summed E-state index contributed by atoms with van der Waals surface area (Å²) in [5.74, 6) is -0.00339. The van der Waals surface area contributed by atoms with E-state index in [-0.39, 0.29) is 5.56 Å². The maximum absolute atomic E-state index is 11.6. The molecule has 1 heterocycles. The highest BCUT2D eigenvalue weighted by atomic mass is 16.4. The number of rotatable bonds is 7. The first-order chi connectivity index (χ1) is 18.7. The van der Waals surface area contributed by atoms with E-state index in [1.165, 1.54) is 36.0 Å². The van der Waals surface area contributed by atoms with Crippen LogP contribution >= 0.6 is 0 Å². The van der Waals surface area contributed by atoms with E-state index in [0.717, 1.165) is 47.5 Å². The van der Waals surface area contributed by atoms with Crippen molar-refractivity contribution in [2.75, 3.05) is 5.32 Å². The maximum atomic E-state index is 11.6. The lowest BCUT2D eigenvalue weighted by Crippen LogP contribution is -2.14. The molecule has 1 aromatic heterocycles. The molecule has 1 fully saturated rings. The fraction of sp³-hybridized carbons (Fsp3) is 0.212. The maximum Gasteiger partial charge on any atom is 0.335 e. The molecular weight excluding hydrogens is 470 g/mol. The zero-order chi connectivity index (χ0) is 25.9. The fourth-order valence-electron chi connectivity index (χ4n) is 5.56. The fourth-order valence-corrected chi connectivity index (χ4v) is 5.56. The molecule has 1 saturated carbocycles. The van der Waals surface area contributed by atoms with E-state index in [9.17, 15) is 9.90 Å². The number of carbonyl (C=O) groups is 1. The molecule has 5 heteroatoms. The summed E-state index contributed by atoms with van der Waals surface area (Å²) < 4.78 is 2.35. The molecule has 0 spiro atoms. The van der Waals surface area contributed by atoms with Gasteiger partial charge in [-0.1, -0.05) is 86.0 Å². The van der Waals surface area contributed by atoms with Gasteiger partial charge in [-0.05, 0) is 59.9 Å². The van der Waals surface area contributed by atoms with Crippen LogP contribution in [-0.4, -0.2) is 20.6 Å². The molecule has 4 aromatic carbocycles. The van der Waals surface area contributed by atoms with Crippen molar-refractivity contribution in [3.05, 3.63) is 108 Å². The van der Waals surface area contributed by atoms with Crippen LogP contribution in [0.5, 0.6) is 0 Å². The van der Waals surface area contributed by atoms with E-state index >= 15 is 0 Å². The number of nitrogens with one attached hydrogen (secondary N) is 1. The van der Waals surface area contributed by atoms with Gasteiger partial charge in [0.2, 0.25) is 0 Å². The average Bonchev–Trinajstić information content (AvgIpc) is 3.36. The zero-order valence-electron chi connectivity index (χ0n) is 21.3. The first-order valence-corrected chi connectivity index (χ1v) is 13.4. The number of hydrogen-bond donors (Lipinski definition) is 2. The number of nitrogens with zero attached hydrogens (tertiary/aromatic N) is 2. The molecule has 0 aliphatic heterocycles. The molecule has 0 radical (unpaired) electrons. The van der Waals surface area contributed by atoms with Crippen molar-refractivity contribution < 1.29 is 9.90 Å². The Bertz CT molecular complexity index is 1570. The lowest BCUT2D eigenvalue weighted by molar-refractivity contribution is 0.0697. The minimum absolute atomic E-state index is 0.273. The second-order valence-corrected chi connectivity index (χ2v) is 10.1. The molecule has 0 saturated heterocycles. The molecule has 0 atom stereocenters. The SMILES string of the molecule is O=C(O)c1ccc2c(c1)nc(-c1ccc(CNc3cccc(-c4ccccc4)c3)cc1)n2C1CCCCC1. The number of carboxylic acid groups (broad SMARTS) is 1. The molecule has 1 aliphatic rings. The van der Waals surface area contributed by atoms with Crippen molar-refractivity contribution in [3.63, 3.8) is 0 Å². The molecule has 38 heavy (non-hydrogen) atoms. The Morgan fingerprint density at radius 2 is 1.58 bits per heavy atom. The highest BCUT2D eigenvalue weighted by molar-refractivity contribution is 5.93. The molecule has 5 nitrogen and oxygen atoms in total. The lowest BCUT2D eigenvalue weighted by Gasteiger charge is -2.25. The zero-order valence-corrected chi connectivity index (χ0v) is 21.3. The van der Waals surface area contributed by atoms with Crippen molar-refractivity contribution in [3.8, 4) is 22.5 Å². The van der Waals surface area contributed by atoms with Crippen molar-refractivity contribution in [1.82, 2.24) is 9.55 Å². The number of hydrogen-bond acceptors (Lipinski definition) is 3. The predicted octanol–water partition coefficient (Wildman–Crippen LogP) is 8.19. The summed E-state index contributed by atoms with van der Waals surface area (Å²) in [5, 5.41) is 13.0. The molecule has 190 valence electrons. The Labute approximate surface area is 222 Å². The van der Waals surface area contributed by atoms with Gasteiger partial charge in [-0.3, -0.25) is 0 Å². The number of aromatic carboxylic acids is 1. The van der Waals surface area contributed by atoms with Crippen LogP contribution < -0.4 is 5.32 Å². The van der Waals surface area contributed by atoms with Gasteiger partial charge in [0.25, 0.3) is 0 Å². The molecular formula is C33H31N3O2. The van der Waals surface area contributed by atoms with Crippen molar-refractivity contribution in [1.29, 1.82) is 0 Å². The van der Waals surface area contributed by atoms with Gasteiger partial charge < -0.3 is 15.0 Å². The normalized spacial score (nSPS) is 14.0. The average molecular weight is 502 g/mol. The highest BCUT2D eigenvalue weighted by Gasteiger charge is 2.23. The number of benzene rings is 4. The second-order valence-electron chi connectivity index (χ2n) is 10.1. The third kappa shape index (κ3) is 4.92. The summed E-state index contributed by atoms with van der Waals surface area (Å²) in [4.78, 5) is 16.5. The number of carboxylic acids is 1. The van der Waals surface area contributed by atoms with Crippen LogP contribution in [0.3, 0.4) is 0 Å². The smallest absolute Gasteiger partial charge is 0.335 e. The third-order valence-electron chi connectivity index (χ3n) is 7.55. The Morgan fingerprint density at radius 3 is 2.34 bits per heavy atom. The van der Waals surface area contributed by atoms with Crippen LogP contribution in [0.4, 0.5) is 5.69 Å². The van der Waals surface area contributed by atoms with Gasteiger partial charge in [0, 0.05) is 23.8 Å². The Kier molecular flexibility index (Phi) is 6.65. The summed E-state index contributed by atoms with van der Waals surface area (Å²) in [5.41, 5.74) is 7.76. The number of imidazole rings is 1. The number of aromatic nitrogens is 2. The van der Waals surface area contributed by atoms with E-state index in [2.05, 4.69) is 82.7 Å². The van der Waals surface area contributed by atoms with E-state index < -0.39 is 5.97 Å². The Morgan fingerprint density at radius 1 is 0.816 bits per heavy atom. The van der Waals surface area contributed by atoms with Crippen LogP contribution in [0.1, 0.15) is 54.1 Å². The summed E-state index contributed by atoms with van der Waals surface area (Å²) in [6.45, 7) is 0.722. The summed E-state index contributed by atoms with van der Waals surface area (Å²) in [6.07, 6.45) is 5.96. The van der Waals surface area contributed by atoms with E-state index in [1.54, 1.807) is 12.1 Å². The summed E-state index contributed by atoms with van der Waals surface area (Å²) in [7, 11) is 0. The van der Waals surface area contributed by atoms with Crippen molar-refractivity contribution in [2.45, 2.75) is 44.7 Å². The van der Waals surface area contributed by atoms with Gasteiger partial charge in [0.05, 0.1) is 16.6 Å². The number of anilines is 1. The number of fused-ring (bicyclic) bond motifs is 1. The Balaban J connectivity index is 1.25. The standard InChI is InChI=1S/C33H31N3O2/c37-33(38)27-18-19-31-30(21-27)35-32(36(31)29-12-5-2-6-13-29)25-16-14-23(15-17-25)22-34-28-11-7-10-26(20-28)24-8-3-1-4-9-24/h1,3-4,7-11,14-21,29,34H,2,5-6,12-13,22H2,(H,37,38). The minimum atomic E-state index is -0.924. The van der Waals surface area contributed by atoms with Gasteiger partial charge in [0.1, 0.15) is 5.82 Å². The monoisotopic (exact) mass is 501 g/mol. The van der Waals surface area contributed by atoms with Crippen LogP contribution in [0.25, 0.3) is 33.5 Å². The highest BCUT2D eigenvalue weighted by Crippen LogP contribution is 2.36. The predicted molar refractivity (Wildman–Crippen MR) is 153 cm³/mol. The lowest BCUT2D eigenvalue weighted by atomic mass is 9.94. The molecule has 6 rings (SSSR count). The van der Waals surface area contributed by atoms with E-state index in [1.807, 2.05) is 12.1 Å². The van der Waals surface area contributed by atoms with Crippen LogP contribution in [0.2, 0.25) is 0 Å². The van der Waals surface area contributed by atoms with Crippen LogP contribution in [0, 0.1) is 0 Å². The van der Waals surface area contributed by atoms with E-state index in [4.69, 9.17) is 4.98 Å². The van der Waals surface area contributed by atoms with Gasteiger partial charge in [-0.15, -0.1) is 0 Å². The summed E-state index contributed by atoms with van der Waals surface area (Å²) >= 11 is 0. The van der Waals surface area contributed by atoms with Gasteiger partial charge in [-0.2, -0.15) is 0 Å². The molecule has 1 aliphatic carbocycles. The second kappa shape index (κ2) is 10.5. The van der Waals surface area contributed by atoms with Crippen LogP contribution in [0.15, 0.2) is 97.1 Å². The topological polar surface area (TPSA) is 67.2 Å². The Hall–Kier alpha value is -4.38. The largest absolute Gasteiger partial charge is 0.478 e. The first kappa shape index (κ1) is 24.0.